The number of amides is 1. The van der Waals surface area contributed by atoms with Gasteiger partial charge in [0.05, 0.1) is 17.7 Å². The number of primary amides is 1. The molecule has 4 N–H and O–H groups in total. The third kappa shape index (κ3) is 3.46. The van der Waals surface area contributed by atoms with Crippen molar-refractivity contribution >= 4 is 17.3 Å². The molecule has 0 spiro atoms. The zero-order chi connectivity index (χ0) is 19.7. The zero-order valence-electron chi connectivity index (χ0n) is 15.7. The molecule has 0 bridgehead atoms. The number of nitrogens with zero attached hydrogens (tertiary/aromatic N) is 2. The Hall–Kier alpha value is -3.04. The van der Waals surface area contributed by atoms with Gasteiger partial charge < -0.3 is 21.1 Å². The highest BCUT2D eigenvalue weighted by Gasteiger charge is 2.38. The Morgan fingerprint density at radius 1 is 1.26 bits per heavy atom. The van der Waals surface area contributed by atoms with E-state index in [9.17, 15) is 9.90 Å². The van der Waals surface area contributed by atoms with Crippen LogP contribution in [0.3, 0.4) is 0 Å². The summed E-state index contributed by atoms with van der Waals surface area (Å²) in [4.78, 5) is 13.7. The van der Waals surface area contributed by atoms with E-state index in [-0.39, 0.29) is 18.0 Å². The molecule has 0 aromatic heterocycles. The number of aliphatic hydroxyl groups excluding tert-OH is 1. The van der Waals surface area contributed by atoms with Gasteiger partial charge in [-0.2, -0.15) is 5.26 Å². The highest BCUT2D eigenvalue weighted by molar-refractivity contribution is 5.93. The first-order valence-electron chi connectivity index (χ1n) is 9.00. The second kappa shape index (κ2) is 7.29. The Morgan fingerprint density at radius 2 is 1.93 bits per heavy atom. The van der Waals surface area contributed by atoms with E-state index in [2.05, 4.69) is 25.2 Å². The smallest absolute Gasteiger partial charge is 0.248 e. The van der Waals surface area contributed by atoms with E-state index >= 15 is 0 Å². The standard InChI is InChI=1S/C21H24N4O2/c1-12-13(2)25(14(3)26)19-9-6-16(21(23)27)10-18(19)20(12)24-17-7-4-15(11-22)5-8-17/h4-10,12-14,20,24,26H,1-3H3,(H2,23,27)/t12-,13-,14?,20+/m0/s1. The van der Waals surface area contributed by atoms with Crippen LogP contribution in [0.4, 0.5) is 11.4 Å². The molecule has 0 fully saturated rings. The van der Waals surface area contributed by atoms with Gasteiger partial charge in [0, 0.05) is 28.9 Å². The maximum Gasteiger partial charge on any atom is 0.248 e. The predicted octanol–water partition coefficient (Wildman–Crippen LogP) is 2.99. The van der Waals surface area contributed by atoms with Crippen LogP contribution in [0.2, 0.25) is 0 Å². The van der Waals surface area contributed by atoms with Crippen molar-refractivity contribution in [3.8, 4) is 6.07 Å². The van der Waals surface area contributed by atoms with Crippen LogP contribution in [0.5, 0.6) is 0 Å². The number of carbonyl (C=O) groups is 1. The van der Waals surface area contributed by atoms with Crippen LogP contribution in [0, 0.1) is 17.2 Å². The molecule has 4 atom stereocenters. The van der Waals surface area contributed by atoms with Crippen molar-refractivity contribution in [1.82, 2.24) is 0 Å². The summed E-state index contributed by atoms with van der Waals surface area (Å²) in [7, 11) is 0. The van der Waals surface area contributed by atoms with Gasteiger partial charge in [0.1, 0.15) is 6.23 Å². The number of hydrogen-bond donors (Lipinski definition) is 3. The summed E-state index contributed by atoms with van der Waals surface area (Å²) in [5.41, 5.74) is 9.21. The van der Waals surface area contributed by atoms with Gasteiger partial charge in [-0.1, -0.05) is 6.92 Å². The number of benzene rings is 2. The lowest BCUT2D eigenvalue weighted by molar-refractivity contribution is 0.1000. The van der Waals surface area contributed by atoms with Crippen LogP contribution in [0.25, 0.3) is 0 Å². The molecular formula is C21H24N4O2. The van der Waals surface area contributed by atoms with E-state index < -0.39 is 12.1 Å². The summed E-state index contributed by atoms with van der Waals surface area (Å²) in [5.74, 6) is -0.337. The Balaban J connectivity index is 2.06. The van der Waals surface area contributed by atoms with E-state index in [0.29, 0.717) is 11.1 Å². The molecule has 27 heavy (non-hydrogen) atoms. The average Bonchev–Trinajstić information content (AvgIpc) is 2.65. The molecule has 1 aliphatic heterocycles. The number of anilines is 2. The molecule has 1 aliphatic rings. The molecule has 0 saturated carbocycles. The highest BCUT2D eigenvalue weighted by Crippen LogP contribution is 2.43. The summed E-state index contributed by atoms with van der Waals surface area (Å²) >= 11 is 0. The van der Waals surface area contributed by atoms with Gasteiger partial charge in [-0.3, -0.25) is 4.79 Å². The largest absolute Gasteiger partial charge is 0.378 e. The first-order valence-corrected chi connectivity index (χ1v) is 9.00. The topological polar surface area (TPSA) is 102 Å². The number of aliphatic hydroxyl groups is 1. The predicted molar refractivity (Wildman–Crippen MR) is 105 cm³/mol. The molecule has 1 heterocycles. The van der Waals surface area contributed by atoms with Gasteiger partial charge in [0.2, 0.25) is 5.91 Å². The lowest BCUT2D eigenvalue weighted by Crippen LogP contribution is -2.50. The van der Waals surface area contributed by atoms with Gasteiger partial charge in [0.25, 0.3) is 0 Å². The second-order valence-corrected chi connectivity index (χ2v) is 7.09. The summed E-state index contributed by atoms with van der Waals surface area (Å²) in [5, 5.41) is 22.8. The van der Waals surface area contributed by atoms with Gasteiger partial charge >= 0.3 is 0 Å². The van der Waals surface area contributed by atoms with Gasteiger partial charge in [-0.15, -0.1) is 0 Å². The van der Waals surface area contributed by atoms with Crippen molar-refractivity contribution in [3.05, 3.63) is 59.2 Å². The summed E-state index contributed by atoms with van der Waals surface area (Å²) in [6.45, 7) is 5.93. The number of rotatable bonds is 4. The molecule has 0 radical (unpaired) electrons. The number of nitrogens with one attached hydrogen (secondary N) is 1. The molecule has 1 unspecified atom stereocenters. The highest BCUT2D eigenvalue weighted by atomic mass is 16.3. The first-order chi connectivity index (χ1) is 12.8. The fraction of sp³-hybridized carbons (Fsp3) is 0.333. The van der Waals surface area contributed by atoms with Gasteiger partial charge in [0.15, 0.2) is 0 Å². The summed E-state index contributed by atoms with van der Waals surface area (Å²) in [6, 6.07) is 14.7. The number of hydrogen-bond acceptors (Lipinski definition) is 5. The van der Waals surface area contributed by atoms with Crippen LogP contribution >= 0.6 is 0 Å². The average molecular weight is 364 g/mol. The van der Waals surface area contributed by atoms with Crippen molar-refractivity contribution < 1.29 is 9.90 Å². The van der Waals surface area contributed by atoms with E-state index in [1.807, 2.05) is 23.1 Å². The van der Waals surface area contributed by atoms with Crippen molar-refractivity contribution in [2.45, 2.75) is 39.1 Å². The number of nitrogens with two attached hydrogens (primary N) is 1. The van der Waals surface area contributed by atoms with Crippen LogP contribution in [-0.2, 0) is 0 Å². The van der Waals surface area contributed by atoms with Crippen molar-refractivity contribution in [3.63, 3.8) is 0 Å². The molecule has 6 heteroatoms. The Morgan fingerprint density at radius 3 is 2.48 bits per heavy atom. The Kier molecular flexibility index (Phi) is 5.06. The lowest BCUT2D eigenvalue weighted by Gasteiger charge is -2.47. The van der Waals surface area contributed by atoms with E-state index in [1.54, 1.807) is 31.2 Å². The number of carbonyl (C=O) groups excluding carboxylic acids is 1. The van der Waals surface area contributed by atoms with Gasteiger partial charge in [-0.05, 0) is 61.9 Å². The fourth-order valence-corrected chi connectivity index (χ4v) is 3.80. The minimum atomic E-state index is -0.656. The third-order valence-corrected chi connectivity index (χ3v) is 5.39. The second-order valence-electron chi connectivity index (χ2n) is 7.09. The van der Waals surface area contributed by atoms with Crippen molar-refractivity contribution in [2.75, 3.05) is 10.2 Å². The molecular weight excluding hydrogens is 340 g/mol. The van der Waals surface area contributed by atoms with E-state index in [0.717, 1.165) is 16.9 Å². The normalized spacial score (nSPS) is 22.5. The number of nitriles is 1. The Bertz CT molecular complexity index is 886. The maximum absolute atomic E-state index is 11.7. The minimum absolute atomic E-state index is 0.0720. The molecule has 3 rings (SSSR count). The SMILES string of the molecule is CC(O)N1c2ccc(C(N)=O)cc2[C@H](Nc2ccc(C#N)cc2)[C@@H](C)[C@@H]1C. The molecule has 1 amide bonds. The maximum atomic E-state index is 11.7. The monoisotopic (exact) mass is 364 g/mol. The zero-order valence-corrected chi connectivity index (χ0v) is 15.7. The first kappa shape index (κ1) is 18.7. The van der Waals surface area contributed by atoms with Crippen molar-refractivity contribution in [2.24, 2.45) is 11.7 Å². The van der Waals surface area contributed by atoms with Crippen LogP contribution in [-0.4, -0.2) is 23.3 Å². The molecule has 2 aromatic carbocycles. The van der Waals surface area contributed by atoms with E-state index in [4.69, 9.17) is 11.0 Å². The Labute approximate surface area is 159 Å². The quantitative estimate of drug-likeness (QED) is 0.774. The van der Waals surface area contributed by atoms with E-state index in [1.165, 1.54) is 0 Å². The number of fused-ring (bicyclic) bond motifs is 1. The summed E-state index contributed by atoms with van der Waals surface area (Å²) in [6.07, 6.45) is -0.656. The van der Waals surface area contributed by atoms with Crippen LogP contribution < -0.4 is 16.0 Å². The van der Waals surface area contributed by atoms with Crippen LogP contribution in [0.15, 0.2) is 42.5 Å². The van der Waals surface area contributed by atoms with Crippen LogP contribution in [0.1, 0.15) is 48.3 Å². The molecule has 140 valence electrons. The fourth-order valence-electron chi connectivity index (χ4n) is 3.80. The van der Waals surface area contributed by atoms with Gasteiger partial charge in [-0.25, -0.2) is 0 Å². The molecule has 0 aliphatic carbocycles. The molecule has 0 saturated heterocycles. The lowest BCUT2D eigenvalue weighted by atomic mass is 9.82. The summed E-state index contributed by atoms with van der Waals surface area (Å²) < 4.78 is 0. The third-order valence-electron chi connectivity index (χ3n) is 5.39. The molecule has 2 aromatic rings. The molecule has 6 nitrogen and oxygen atoms in total. The minimum Gasteiger partial charge on any atom is -0.378 e. The van der Waals surface area contributed by atoms with Crippen molar-refractivity contribution in [1.29, 1.82) is 5.26 Å².